The Labute approximate surface area is 158 Å². The maximum atomic E-state index is 12.5. The summed E-state index contributed by atoms with van der Waals surface area (Å²) < 4.78 is 41.8. The smallest absolute Gasteiger partial charge is 0.425 e. The van der Waals surface area contributed by atoms with E-state index in [2.05, 4.69) is 35.5 Å². The molecule has 1 fully saturated rings. The van der Waals surface area contributed by atoms with E-state index >= 15 is 0 Å². The number of halogens is 3. The first-order valence-corrected chi connectivity index (χ1v) is 8.62. The molecule has 0 bridgehead atoms. The number of alkyl halides is 3. The van der Waals surface area contributed by atoms with Gasteiger partial charge in [0, 0.05) is 37.1 Å². The Morgan fingerprint density at radius 2 is 2.18 bits per heavy atom. The average Bonchev–Trinajstić information content (AvgIpc) is 3.25. The lowest BCUT2D eigenvalue weighted by molar-refractivity contribution is -0.197. The number of nitrogens with zero attached hydrogens (tertiary/aromatic N) is 4. The van der Waals surface area contributed by atoms with Crippen LogP contribution < -0.4 is 15.5 Å². The summed E-state index contributed by atoms with van der Waals surface area (Å²) >= 11 is 0. The lowest BCUT2D eigenvalue weighted by atomic mass is 10.3. The molecule has 0 saturated carbocycles. The zero-order valence-corrected chi connectivity index (χ0v) is 15.2. The van der Waals surface area contributed by atoms with E-state index in [0.29, 0.717) is 37.1 Å². The molecule has 1 aliphatic heterocycles. The van der Waals surface area contributed by atoms with Gasteiger partial charge in [0.05, 0.1) is 6.04 Å². The van der Waals surface area contributed by atoms with Crippen molar-refractivity contribution in [1.82, 2.24) is 25.5 Å². The van der Waals surface area contributed by atoms with Crippen LogP contribution in [0.15, 0.2) is 18.3 Å². The molecular weight excluding hydrogens is 379 g/mol. The number of hydrogen-bond donors (Lipinski definition) is 3. The van der Waals surface area contributed by atoms with Gasteiger partial charge in [-0.3, -0.25) is 5.10 Å². The minimum Gasteiger partial charge on any atom is -0.437 e. The first-order valence-electron chi connectivity index (χ1n) is 8.62. The molecular formula is C16H20F3N7O2. The van der Waals surface area contributed by atoms with E-state index in [-0.39, 0.29) is 6.04 Å². The third-order valence-electron chi connectivity index (χ3n) is 4.14. The lowest BCUT2D eigenvalue weighted by Gasteiger charge is -2.20. The van der Waals surface area contributed by atoms with Crippen molar-refractivity contribution in [1.29, 1.82) is 0 Å². The van der Waals surface area contributed by atoms with E-state index in [1.54, 1.807) is 18.3 Å². The van der Waals surface area contributed by atoms with Crippen molar-refractivity contribution >= 4 is 23.7 Å². The molecule has 3 N–H and O–H groups in total. The zero-order chi connectivity index (χ0) is 20.3. The van der Waals surface area contributed by atoms with Gasteiger partial charge in [-0.05, 0) is 20.3 Å². The topological polar surface area (TPSA) is 108 Å². The summed E-state index contributed by atoms with van der Waals surface area (Å²) in [4.78, 5) is 22.4. The van der Waals surface area contributed by atoms with Crippen molar-refractivity contribution in [2.24, 2.45) is 0 Å². The number of H-pyrrole nitrogens is 1. The number of ether oxygens (including phenoxy) is 1. The second kappa shape index (κ2) is 7.90. The van der Waals surface area contributed by atoms with Gasteiger partial charge in [0.2, 0.25) is 5.95 Å². The Morgan fingerprint density at radius 3 is 2.86 bits per heavy atom. The van der Waals surface area contributed by atoms with Gasteiger partial charge in [0.25, 0.3) is 0 Å². The SMILES string of the molecule is Cc1cc(Nc2cc[nH]n2)nc(N2CC[C@H](NC(=O)O[C@@H](C)C(F)(F)F)C2)n1. The maximum Gasteiger partial charge on any atom is 0.425 e. The number of nitrogens with one attached hydrogen (secondary N) is 3. The maximum absolute atomic E-state index is 12.5. The van der Waals surface area contributed by atoms with Crippen LogP contribution in [-0.4, -0.2) is 57.7 Å². The summed E-state index contributed by atoms with van der Waals surface area (Å²) in [7, 11) is 0. The minimum absolute atomic E-state index is 0.361. The third-order valence-corrected chi connectivity index (χ3v) is 4.14. The highest BCUT2D eigenvalue weighted by atomic mass is 19.4. The highest BCUT2D eigenvalue weighted by molar-refractivity contribution is 5.68. The molecule has 12 heteroatoms. The standard InChI is InChI=1S/C16H20F3N7O2/c1-9-7-13(23-12-3-5-20-25-12)24-14(21-9)26-6-4-11(8-26)22-15(27)28-10(2)16(17,18)19/h3,5,7,10-11H,4,6,8H2,1-2H3,(H,22,27)(H2,20,21,23,24,25)/t10-,11-/m0/s1. The molecule has 0 aliphatic carbocycles. The first kappa shape index (κ1) is 19.7. The van der Waals surface area contributed by atoms with Crippen molar-refractivity contribution < 1.29 is 22.7 Å². The summed E-state index contributed by atoms with van der Waals surface area (Å²) in [6, 6.07) is 3.15. The fraction of sp³-hybridized carbons (Fsp3) is 0.500. The Balaban J connectivity index is 1.59. The second-order valence-corrected chi connectivity index (χ2v) is 6.44. The number of aromatic nitrogens is 4. The van der Waals surface area contributed by atoms with E-state index < -0.39 is 18.4 Å². The molecule has 0 unspecified atom stereocenters. The Morgan fingerprint density at radius 1 is 1.39 bits per heavy atom. The number of amides is 1. The summed E-state index contributed by atoms with van der Waals surface area (Å²) in [6.45, 7) is 3.52. The fourth-order valence-electron chi connectivity index (χ4n) is 2.71. The summed E-state index contributed by atoms with van der Waals surface area (Å²) in [5.74, 6) is 1.62. The molecule has 1 aliphatic rings. The highest BCUT2D eigenvalue weighted by Gasteiger charge is 2.39. The van der Waals surface area contributed by atoms with Crippen molar-refractivity contribution in [3.63, 3.8) is 0 Å². The van der Waals surface area contributed by atoms with E-state index in [1.807, 2.05) is 11.8 Å². The van der Waals surface area contributed by atoms with Gasteiger partial charge in [-0.1, -0.05) is 0 Å². The summed E-state index contributed by atoms with van der Waals surface area (Å²) in [6.07, 6.45) is -5.64. The van der Waals surface area contributed by atoms with E-state index in [0.717, 1.165) is 12.6 Å². The Hall–Kier alpha value is -3.05. The predicted molar refractivity (Wildman–Crippen MR) is 94.4 cm³/mol. The molecule has 1 amide bonds. The zero-order valence-electron chi connectivity index (χ0n) is 15.2. The van der Waals surface area contributed by atoms with Crippen LogP contribution in [0.5, 0.6) is 0 Å². The summed E-state index contributed by atoms with van der Waals surface area (Å²) in [5.41, 5.74) is 0.734. The van der Waals surface area contributed by atoms with Crippen molar-refractivity contribution in [2.45, 2.75) is 38.6 Å². The van der Waals surface area contributed by atoms with Gasteiger partial charge >= 0.3 is 12.3 Å². The lowest BCUT2D eigenvalue weighted by Crippen LogP contribution is -2.41. The second-order valence-electron chi connectivity index (χ2n) is 6.44. The number of alkyl carbamates (subject to hydrolysis) is 1. The van der Waals surface area contributed by atoms with Gasteiger partial charge in [-0.2, -0.15) is 23.3 Å². The molecule has 2 atom stereocenters. The van der Waals surface area contributed by atoms with Crippen LogP contribution in [0.4, 0.5) is 35.5 Å². The fourth-order valence-corrected chi connectivity index (χ4v) is 2.71. The van der Waals surface area contributed by atoms with Gasteiger partial charge in [-0.15, -0.1) is 0 Å². The molecule has 9 nitrogen and oxygen atoms in total. The molecule has 0 spiro atoms. The van der Waals surface area contributed by atoms with E-state index in [4.69, 9.17) is 0 Å². The largest absolute Gasteiger partial charge is 0.437 e. The highest BCUT2D eigenvalue weighted by Crippen LogP contribution is 2.23. The number of aromatic amines is 1. The van der Waals surface area contributed by atoms with Crippen LogP contribution in [0.1, 0.15) is 19.0 Å². The van der Waals surface area contributed by atoms with Crippen LogP contribution >= 0.6 is 0 Å². The van der Waals surface area contributed by atoms with Gasteiger partial charge in [0.15, 0.2) is 11.9 Å². The van der Waals surface area contributed by atoms with Crippen LogP contribution in [0, 0.1) is 6.92 Å². The number of carbonyl (C=O) groups excluding carboxylic acids is 1. The number of rotatable bonds is 5. The molecule has 2 aromatic heterocycles. The van der Waals surface area contributed by atoms with Gasteiger partial charge in [-0.25, -0.2) is 9.78 Å². The van der Waals surface area contributed by atoms with Crippen molar-refractivity contribution in [3.8, 4) is 0 Å². The normalized spacial score (nSPS) is 18.0. The van der Waals surface area contributed by atoms with Crippen LogP contribution in [0.25, 0.3) is 0 Å². The first-order chi connectivity index (χ1) is 13.2. The molecule has 3 heterocycles. The molecule has 2 aromatic rings. The van der Waals surface area contributed by atoms with Gasteiger partial charge < -0.3 is 20.3 Å². The van der Waals surface area contributed by atoms with E-state index in [9.17, 15) is 18.0 Å². The van der Waals surface area contributed by atoms with Crippen LogP contribution in [0.3, 0.4) is 0 Å². The third kappa shape index (κ3) is 5.02. The molecule has 0 radical (unpaired) electrons. The molecule has 0 aromatic carbocycles. The number of carbonyl (C=O) groups is 1. The van der Waals surface area contributed by atoms with Crippen molar-refractivity contribution in [3.05, 3.63) is 24.0 Å². The van der Waals surface area contributed by atoms with Crippen LogP contribution in [0.2, 0.25) is 0 Å². The minimum atomic E-state index is -4.59. The molecule has 1 saturated heterocycles. The van der Waals surface area contributed by atoms with Crippen molar-refractivity contribution in [2.75, 3.05) is 23.3 Å². The predicted octanol–water partition coefficient (Wildman–Crippen LogP) is 2.51. The number of aryl methyl sites for hydroxylation is 1. The molecule has 152 valence electrons. The monoisotopic (exact) mass is 399 g/mol. The Bertz CT molecular complexity index is 813. The van der Waals surface area contributed by atoms with Gasteiger partial charge in [0.1, 0.15) is 5.82 Å². The quantitative estimate of drug-likeness (QED) is 0.709. The number of hydrogen-bond acceptors (Lipinski definition) is 7. The number of anilines is 3. The van der Waals surface area contributed by atoms with E-state index in [1.165, 1.54) is 0 Å². The molecule has 3 rings (SSSR count). The summed E-state index contributed by atoms with van der Waals surface area (Å²) in [5, 5.41) is 12.2. The molecule has 28 heavy (non-hydrogen) atoms. The average molecular weight is 399 g/mol. The Kier molecular flexibility index (Phi) is 5.56. The van der Waals surface area contributed by atoms with Crippen LogP contribution in [-0.2, 0) is 4.74 Å².